The van der Waals surface area contributed by atoms with Gasteiger partial charge in [0, 0.05) is 19.1 Å². The van der Waals surface area contributed by atoms with E-state index >= 15 is 0 Å². The Morgan fingerprint density at radius 1 is 1.19 bits per heavy atom. The summed E-state index contributed by atoms with van der Waals surface area (Å²) < 4.78 is 40.4. The van der Waals surface area contributed by atoms with Gasteiger partial charge in [-0.1, -0.05) is 12.1 Å². The van der Waals surface area contributed by atoms with E-state index in [9.17, 15) is 18.3 Å². The van der Waals surface area contributed by atoms with E-state index in [1.807, 2.05) is 23.3 Å². The fourth-order valence-electron chi connectivity index (χ4n) is 3.82. The lowest BCUT2D eigenvalue weighted by molar-refractivity contribution is -0.137. The minimum atomic E-state index is -4.36. The lowest BCUT2D eigenvalue weighted by Crippen LogP contribution is -2.33. The number of imidazole rings is 1. The summed E-state index contributed by atoms with van der Waals surface area (Å²) in [5.41, 5.74) is 1.30. The highest BCUT2D eigenvalue weighted by Gasteiger charge is 2.30. The van der Waals surface area contributed by atoms with Crippen molar-refractivity contribution in [1.82, 2.24) is 19.5 Å². The van der Waals surface area contributed by atoms with Gasteiger partial charge in [0.25, 0.3) is 0 Å². The van der Waals surface area contributed by atoms with Crippen molar-refractivity contribution >= 4 is 22.9 Å². The summed E-state index contributed by atoms with van der Waals surface area (Å²) in [5, 5.41) is 12.9. The largest absolute Gasteiger partial charge is 0.416 e. The van der Waals surface area contributed by atoms with Crippen LogP contribution in [0.2, 0.25) is 0 Å². The Morgan fingerprint density at radius 3 is 2.58 bits per heavy atom. The third kappa shape index (κ3) is 4.30. The third-order valence-corrected chi connectivity index (χ3v) is 5.55. The fourth-order valence-corrected chi connectivity index (χ4v) is 3.82. The van der Waals surface area contributed by atoms with Crippen molar-refractivity contribution in [3.63, 3.8) is 0 Å². The first-order valence-electron chi connectivity index (χ1n) is 10.3. The number of nitrogens with one attached hydrogen (secondary N) is 1. The first-order valence-corrected chi connectivity index (χ1v) is 10.3. The normalized spacial score (nSPS) is 17.1. The smallest absolute Gasteiger partial charge is 0.394 e. The van der Waals surface area contributed by atoms with Crippen molar-refractivity contribution in [2.45, 2.75) is 51.5 Å². The van der Waals surface area contributed by atoms with Gasteiger partial charge in [0.15, 0.2) is 17.0 Å². The van der Waals surface area contributed by atoms with Crippen LogP contribution in [0, 0.1) is 0 Å². The number of anilines is 2. The van der Waals surface area contributed by atoms with Crippen molar-refractivity contribution in [2.75, 3.05) is 23.4 Å². The summed E-state index contributed by atoms with van der Waals surface area (Å²) in [6.07, 6.45) is -0.826. The average molecular weight is 434 g/mol. The molecular weight excluding hydrogens is 409 g/mol. The maximum Gasteiger partial charge on any atom is 0.416 e. The number of fused-ring (bicyclic) bond motifs is 1. The Bertz CT molecular complexity index is 1050. The van der Waals surface area contributed by atoms with E-state index in [-0.39, 0.29) is 18.7 Å². The molecule has 1 aromatic carbocycles. The van der Waals surface area contributed by atoms with Crippen molar-refractivity contribution in [3.8, 4) is 0 Å². The third-order valence-electron chi connectivity index (χ3n) is 5.55. The van der Waals surface area contributed by atoms with Gasteiger partial charge in [-0.25, -0.2) is 4.98 Å². The number of aliphatic hydroxyl groups is 1. The topological polar surface area (TPSA) is 79.1 Å². The zero-order valence-electron chi connectivity index (χ0n) is 17.4. The molecule has 1 unspecified atom stereocenters. The summed E-state index contributed by atoms with van der Waals surface area (Å²) in [6.45, 7) is 5.14. The van der Waals surface area contributed by atoms with E-state index in [0.717, 1.165) is 31.5 Å². The molecule has 0 spiro atoms. The molecule has 1 aliphatic heterocycles. The zero-order valence-corrected chi connectivity index (χ0v) is 17.4. The molecule has 1 atom stereocenters. The Balaban J connectivity index is 1.66. The Hall–Kier alpha value is -2.88. The molecule has 7 nitrogen and oxygen atoms in total. The second-order valence-electron chi connectivity index (χ2n) is 8.01. The number of aliphatic hydroxyl groups excluding tert-OH is 1. The molecule has 0 amide bonds. The van der Waals surface area contributed by atoms with Crippen molar-refractivity contribution in [3.05, 3.63) is 41.7 Å². The van der Waals surface area contributed by atoms with Crippen LogP contribution in [0.1, 0.15) is 43.9 Å². The molecule has 0 aliphatic carbocycles. The van der Waals surface area contributed by atoms with Gasteiger partial charge in [-0.15, -0.1) is 0 Å². The van der Waals surface area contributed by atoms with E-state index in [0.29, 0.717) is 35.0 Å². The molecule has 0 radical (unpaired) electrons. The molecule has 1 aliphatic rings. The monoisotopic (exact) mass is 434 g/mol. The van der Waals surface area contributed by atoms with E-state index in [1.54, 1.807) is 6.33 Å². The maximum absolute atomic E-state index is 12.8. The first-order chi connectivity index (χ1) is 14.8. The van der Waals surface area contributed by atoms with Gasteiger partial charge in [0.05, 0.1) is 24.5 Å². The number of nitrogens with zero attached hydrogens (tertiary/aromatic N) is 5. The second kappa shape index (κ2) is 8.33. The lowest BCUT2D eigenvalue weighted by Gasteiger charge is -2.23. The van der Waals surface area contributed by atoms with E-state index in [2.05, 4.69) is 15.3 Å². The molecular formula is C21H25F3N6O. The van der Waals surface area contributed by atoms with Crippen LogP contribution in [0.4, 0.5) is 24.9 Å². The van der Waals surface area contributed by atoms with Crippen LogP contribution in [0.25, 0.3) is 11.2 Å². The molecule has 0 saturated carbocycles. The molecule has 2 N–H and O–H groups in total. The van der Waals surface area contributed by atoms with E-state index in [1.165, 1.54) is 12.1 Å². The second-order valence-corrected chi connectivity index (χ2v) is 8.01. The van der Waals surface area contributed by atoms with Crippen LogP contribution in [0.5, 0.6) is 0 Å². The van der Waals surface area contributed by atoms with Crippen molar-refractivity contribution in [2.24, 2.45) is 0 Å². The number of rotatable bonds is 6. The summed E-state index contributed by atoms with van der Waals surface area (Å²) in [6, 6.07) is 5.15. The number of hydrogen-bond acceptors (Lipinski definition) is 6. The van der Waals surface area contributed by atoms with Gasteiger partial charge in [-0.05, 0) is 44.4 Å². The van der Waals surface area contributed by atoms with Gasteiger partial charge >= 0.3 is 6.18 Å². The predicted octanol–water partition coefficient (Wildman–Crippen LogP) is 4.00. The van der Waals surface area contributed by atoms with Crippen LogP contribution in [-0.2, 0) is 12.7 Å². The minimum absolute atomic E-state index is 0.0269. The molecule has 1 fully saturated rings. The molecule has 166 valence electrons. The molecule has 4 rings (SSSR count). The zero-order chi connectivity index (χ0) is 22.2. The summed E-state index contributed by atoms with van der Waals surface area (Å²) in [7, 11) is 0. The van der Waals surface area contributed by atoms with Crippen LogP contribution >= 0.6 is 0 Å². The Labute approximate surface area is 177 Å². The predicted molar refractivity (Wildman–Crippen MR) is 112 cm³/mol. The van der Waals surface area contributed by atoms with Crippen molar-refractivity contribution < 1.29 is 18.3 Å². The molecule has 3 aromatic rings. The van der Waals surface area contributed by atoms with Crippen LogP contribution in [0.3, 0.4) is 0 Å². The summed E-state index contributed by atoms with van der Waals surface area (Å²) in [5.74, 6) is 1.03. The quantitative estimate of drug-likeness (QED) is 0.611. The fraction of sp³-hybridized carbons (Fsp3) is 0.476. The van der Waals surface area contributed by atoms with Crippen LogP contribution in [-0.4, -0.2) is 43.8 Å². The van der Waals surface area contributed by atoms with Gasteiger partial charge in [0.2, 0.25) is 5.95 Å². The number of benzene rings is 1. The van der Waals surface area contributed by atoms with E-state index < -0.39 is 11.7 Å². The average Bonchev–Trinajstić information content (AvgIpc) is 3.38. The highest BCUT2D eigenvalue weighted by Crippen LogP contribution is 2.30. The highest BCUT2D eigenvalue weighted by atomic mass is 19.4. The molecule has 31 heavy (non-hydrogen) atoms. The number of halogens is 3. The number of hydrogen-bond donors (Lipinski definition) is 2. The lowest BCUT2D eigenvalue weighted by atomic mass is 10.1. The van der Waals surface area contributed by atoms with Crippen LogP contribution in [0.15, 0.2) is 30.6 Å². The minimum Gasteiger partial charge on any atom is -0.394 e. The SMILES string of the molecule is CC(C)n1cnc2c(NCc3ccc(C(F)(F)F)cc3)nc(N3CCCC3CO)nc21. The van der Waals surface area contributed by atoms with Gasteiger partial charge < -0.3 is 19.9 Å². The number of alkyl halides is 3. The van der Waals surface area contributed by atoms with Gasteiger partial charge in [-0.2, -0.15) is 23.1 Å². The van der Waals surface area contributed by atoms with Crippen molar-refractivity contribution in [1.29, 1.82) is 0 Å². The summed E-state index contributed by atoms with van der Waals surface area (Å²) >= 11 is 0. The Kier molecular flexibility index (Phi) is 5.74. The van der Waals surface area contributed by atoms with Crippen LogP contribution < -0.4 is 10.2 Å². The van der Waals surface area contributed by atoms with Gasteiger partial charge in [-0.3, -0.25) is 0 Å². The van der Waals surface area contributed by atoms with E-state index in [4.69, 9.17) is 4.98 Å². The molecule has 3 heterocycles. The van der Waals surface area contributed by atoms with Gasteiger partial charge in [0.1, 0.15) is 0 Å². The number of aromatic nitrogens is 4. The molecule has 10 heteroatoms. The maximum atomic E-state index is 12.8. The molecule has 1 saturated heterocycles. The summed E-state index contributed by atoms with van der Waals surface area (Å²) in [4.78, 5) is 15.9. The Morgan fingerprint density at radius 2 is 1.94 bits per heavy atom. The molecule has 2 aromatic heterocycles. The standard InChI is InChI=1S/C21H25F3N6O/c1-13(2)30-12-26-17-18(25-10-14-5-7-15(8-6-14)21(22,23)24)27-20(28-19(17)30)29-9-3-4-16(29)11-31/h5-8,12-13,16,31H,3-4,9-11H2,1-2H3,(H,25,27,28). The first kappa shape index (κ1) is 21.4. The highest BCUT2D eigenvalue weighted by molar-refractivity contribution is 5.84. The molecule has 0 bridgehead atoms.